The molecule has 32 heavy (non-hydrogen) atoms. The summed E-state index contributed by atoms with van der Waals surface area (Å²) in [7, 11) is 1.58. The summed E-state index contributed by atoms with van der Waals surface area (Å²) in [6.07, 6.45) is -3.05. The van der Waals surface area contributed by atoms with E-state index in [-0.39, 0.29) is 11.7 Å². The van der Waals surface area contributed by atoms with Crippen molar-refractivity contribution in [3.05, 3.63) is 58.7 Å². The molecular formula is C23H25F3N4O2. The first kappa shape index (κ1) is 22.3. The van der Waals surface area contributed by atoms with Crippen LogP contribution in [0.2, 0.25) is 0 Å². The molecule has 2 atom stereocenters. The quantitative estimate of drug-likeness (QED) is 0.564. The molecule has 1 aromatic heterocycles. The first-order valence-corrected chi connectivity index (χ1v) is 10.4. The van der Waals surface area contributed by atoms with Crippen LogP contribution >= 0.6 is 0 Å². The highest BCUT2D eigenvalue weighted by atomic mass is 19.3. The van der Waals surface area contributed by atoms with Crippen molar-refractivity contribution in [3.63, 3.8) is 0 Å². The van der Waals surface area contributed by atoms with Gasteiger partial charge in [-0.2, -0.15) is 0 Å². The predicted octanol–water partition coefficient (Wildman–Crippen LogP) is 4.86. The first-order valence-electron chi connectivity index (χ1n) is 10.4. The number of morpholine rings is 1. The molecular weight excluding hydrogens is 421 g/mol. The number of alkyl halides is 2. The summed E-state index contributed by atoms with van der Waals surface area (Å²) in [5.41, 5.74) is 1.07. The average Bonchev–Trinajstić information content (AvgIpc) is 2.78. The van der Waals surface area contributed by atoms with Gasteiger partial charge in [0.05, 0.1) is 36.9 Å². The Morgan fingerprint density at radius 2 is 2.00 bits per heavy atom. The van der Waals surface area contributed by atoms with Crippen molar-refractivity contribution in [1.29, 1.82) is 0 Å². The van der Waals surface area contributed by atoms with Gasteiger partial charge in [-0.05, 0) is 26.0 Å². The van der Waals surface area contributed by atoms with Gasteiger partial charge in [-0.25, -0.2) is 23.1 Å². The zero-order valence-electron chi connectivity index (χ0n) is 18.1. The third kappa shape index (κ3) is 4.35. The number of nitrogens with zero attached hydrogens (tertiary/aromatic N) is 2. The van der Waals surface area contributed by atoms with Crippen LogP contribution in [0.15, 0.2) is 30.3 Å². The number of hydrogen-bond donors (Lipinski definition) is 2. The second-order valence-corrected chi connectivity index (χ2v) is 7.71. The van der Waals surface area contributed by atoms with Crippen LogP contribution in [0.5, 0.6) is 5.75 Å². The van der Waals surface area contributed by atoms with E-state index in [0.29, 0.717) is 41.4 Å². The van der Waals surface area contributed by atoms with Crippen molar-refractivity contribution in [3.8, 4) is 5.75 Å². The zero-order chi connectivity index (χ0) is 22.8. The fraction of sp³-hybridized carbons (Fsp3) is 0.391. The Balaban J connectivity index is 1.74. The van der Waals surface area contributed by atoms with Crippen LogP contribution in [0.4, 0.5) is 19.0 Å². The lowest BCUT2D eigenvalue weighted by Crippen LogP contribution is -2.33. The van der Waals surface area contributed by atoms with E-state index >= 15 is 0 Å². The highest BCUT2D eigenvalue weighted by Crippen LogP contribution is 2.36. The molecule has 1 unspecified atom stereocenters. The molecule has 1 saturated heterocycles. The van der Waals surface area contributed by atoms with Crippen molar-refractivity contribution in [1.82, 2.24) is 15.3 Å². The molecule has 2 N–H and O–H groups in total. The Labute approximate surface area is 184 Å². The van der Waals surface area contributed by atoms with Crippen LogP contribution < -0.4 is 15.4 Å². The molecule has 4 rings (SSSR count). The van der Waals surface area contributed by atoms with Crippen LogP contribution in [-0.4, -0.2) is 36.8 Å². The largest absolute Gasteiger partial charge is 0.496 e. The van der Waals surface area contributed by atoms with E-state index in [4.69, 9.17) is 9.47 Å². The van der Waals surface area contributed by atoms with Crippen molar-refractivity contribution < 1.29 is 22.6 Å². The van der Waals surface area contributed by atoms with Crippen molar-refractivity contribution in [2.75, 3.05) is 32.1 Å². The lowest BCUT2D eigenvalue weighted by atomic mass is 10.0. The number of hydrogen-bond acceptors (Lipinski definition) is 6. The van der Waals surface area contributed by atoms with Gasteiger partial charge in [0.1, 0.15) is 23.2 Å². The number of aromatic nitrogens is 2. The SMILES string of the molecule is COc1cc2c(NC(C)c3cccc(C(F)F)c3F)nc(C)nc2cc1[C@@H]1CNCCO1. The number of halogens is 3. The van der Waals surface area contributed by atoms with Gasteiger partial charge >= 0.3 is 0 Å². The Kier molecular flexibility index (Phi) is 6.48. The second kappa shape index (κ2) is 9.30. The number of anilines is 1. The van der Waals surface area contributed by atoms with E-state index in [1.54, 1.807) is 21.0 Å². The topological polar surface area (TPSA) is 68.3 Å². The van der Waals surface area contributed by atoms with E-state index in [9.17, 15) is 13.2 Å². The monoisotopic (exact) mass is 446 g/mol. The van der Waals surface area contributed by atoms with Crippen molar-refractivity contribution in [2.24, 2.45) is 0 Å². The van der Waals surface area contributed by atoms with Gasteiger partial charge in [0.15, 0.2) is 0 Å². The number of fused-ring (bicyclic) bond motifs is 1. The summed E-state index contributed by atoms with van der Waals surface area (Å²) < 4.78 is 52.4. The van der Waals surface area contributed by atoms with Crippen LogP contribution in [0.25, 0.3) is 10.9 Å². The van der Waals surface area contributed by atoms with Crippen LogP contribution in [0.3, 0.4) is 0 Å². The summed E-state index contributed by atoms with van der Waals surface area (Å²) in [5, 5.41) is 7.15. The smallest absolute Gasteiger partial charge is 0.266 e. The number of methoxy groups -OCH3 is 1. The molecule has 0 aliphatic carbocycles. The molecule has 1 fully saturated rings. The predicted molar refractivity (Wildman–Crippen MR) is 116 cm³/mol. The number of ether oxygens (including phenoxy) is 2. The highest BCUT2D eigenvalue weighted by molar-refractivity contribution is 5.91. The summed E-state index contributed by atoms with van der Waals surface area (Å²) >= 11 is 0. The van der Waals surface area contributed by atoms with Gasteiger partial charge in [-0.15, -0.1) is 0 Å². The van der Waals surface area contributed by atoms with Gasteiger partial charge in [-0.3, -0.25) is 0 Å². The lowest BCUT2D eigenvalue weighted by Gasteiger charge is -2.26. The first-order chi connectivity index (χ1) is 15.4. The van der Waals surface area contributed by atoms with Crippen LogP contribution in [0.1, 0.15) is 48.0 Å². The third-order valence-electron chi connectivity index (χ3n) is 5.55. The Morgan fingerprint density at radius 1 is 1.22 bits per heavy atom. The Bertz CT molecular complexity index is 1120. The second-order valence-electron chi connectivity index (χ2n) is 7.71. The Morgan fingerprint density at radius 3 is 2.69 bits per heavy atom. The molecule has 0 saturated carbocycles. The summed E-state index contributed by atoms with van der Waals surface area (Å²) in [4.78, 5) is 9.03. The van der Waals surface area contributed by atoms with Crippen LogP contribution in [-0.2, 0) is 4.74 Å². The van der Waals surface area contributed by atoms with Gasteiger partial charge in [0.2, 0.25) is 0 Å². The van der Waals surface area contributed by atoms with Crippen LogP contribution in [0, 0.1) is 12.7 Å². The van der Waals surface area contributed by atoms with Gasteiger partial charge < -0.3 is 20.1 Å². The fourth-order valence-corrected chi connectivity index (χ4v) is 3.95. The molecule has 1 aliphatic rings. The molecule has 2 heterocycles. The van der Waals surface area contributed by atoms with Crippen molar-refractivity contribution >= 4 is 16.7 Å². The minimum Gasteiger partial charge on any atom is -0.496 e. The number of nitrogens with one attached hydrogen (secondary N) is 2. The number of aryl methyl sites for hydroxylation is 1. The van der Waals surface area contributed by atoms with Gasteiger partial charge in [-0.1, -0.05) is 18.2 Å². The van der Waals surface area contributed by atoms with E-state index in [1.165, 1.54) is 12.1 Å². The summed E-state index contributed by atoms with van der Waals surface area (Å²) in [5.74, 6) is 0.696. The third-order valence-corrected chi connectivity index (χ3v) is 5.55. The number of rotatable bonds is 6. The fourth-order valence-electron chi connectivity index (χ4n) is 3.95. The molecule has 0 bridgehead atoms. The van der Waals surface area contributed by atoms with E-state index in [1.807, 2.05) is 12.1 Å². The highest BCUT2D eigenvalue weighted by Gasteiger charge is 2.23. The molecule has 1 aliphatic heterocycles. The normalized spacial score (nSPS) is 17.5. The summed E-state index contributed by atoms with van der Waals surface area (Å²) in [6.45, 7) is 5.51. The summed E-state index contributed by atoms with van der Waals surface area (Å²) in [6, 6.07) is 7.13. The lowest BCUT2D eigenvalue weighted by molar-refractivity contribution is 0.0263. The molecule has 0 amide bonds. The van der Waals surface area contributed by atoms with E-state index in [2.05, 4.69) is 20.6 Å². The molecule has 9 heteroatoms. The van der Waals surface area contributed by atoms with E-state index < -0.39 is 23.8 Å². The molecule has 3 aromatic rings. The minimum atomic E-state index is -2.89. The van der Waals surface area contributed by atoms with Gasteiger partial charge in [0.25, 0.3) is 6.43 Å². The van der Waals surface area contributed by atoms with Gasteiger partial charge in [0, 0.05) is 29.6 Å². The number of benzene rings is 2. The maximum absolute atomic E-state index is 14.7. The molecule has 0 radical (unpaired) electrons. The standard InChI is InChI=1S/C23H25F3N4O2/c1-12(14-5-4-6-15(21(14)24)22(25)26)28-23-16-10-19(31-3)17(20-11-27-7-8-32-20)9-18(16)29-13(2)30-23/h4-6,9-10,12,20,22,27H,7-8,11H2,1-3H3,(H,28,29,30)/t12?,20-/m0/s1. The molecule has 2 aromatic carbocycles. The maximum atomic E-state index is 14.7. The van der Waals surface area contributed by atoms with Crippen molar-refractivity contribution in [2.45, 2.75) is 32.4 Å². The maximum Gasteiger partial charge on any atom is 0.266 e. The molecule has 6 nitrogen and oxygen atoms in total. The molecule has 0 spiro atoms. The van der Waals surface area contributed by atoms with E-state index in [0.717, 1.165) is 18.2 Å². The minimum absolute atomic E-state index is 0.137. The zero-order valence-corrected chi connectivity index (χ0v) is 18.1. The Hall–Kier alpha value is -2.91. The average molecular weight is 446 g/mol. The molecule has 170 valence electrons.